The van der Waals surface area contributed by atoms with E-state index >= 15 is 0 Å². The van der Waals surface area contributed by atoms with Gasteiger partial charge in [0.05, 0.1) is 13.2 Å². The van der Waals surface area contributed by atoms with Crippen LogP contribution in [0.25, 0.3) is 0 Å². The summed E-state index contributed by atoms with van der Waals surface area (Å²) in [5.41, 5.74) is 7.13. The molecule has 18 heavy (non-hydrogen) atoms. The largest absolute Gasteiger partial charge is 0.347 e. The highest BCUT2D eigenvalue weighted by molar-refractivity contribution is 7.54. The zero-order valence-electron chi connectivity index (χ0n) is 11.0. The molecule has 5 heteroatoms. The fourth-order valence-corrected chi connectivity index (χ4v) is 3.33. The van der Waals surface area contributed by atoms with Gasteiger partial charge in [0.15, 0.2) is 0 Å². The van der Waals surface area contributed by atoms with Crippen LogP contribution in [0.15, 0.2) is 30.3 Å². The second kappa shape index (κ2) is 7.70. The Hall–Kier alpha value is -0.670. The van der Waals surface area contributed by atoms with Crippen LogP contribution in [0.2, 0.25) is 0 Å². The topological polar surface area (TPSA) is 61.5 Å². The third-order valence-electron chi connectivity index (χ3n) is 2.60. The van der Waals surface area contributed by atoms with Crippen LogP contribution in [-0.2, 0) is 20.0 Å². The average Bonchev–Trinajstić information content (AvgIpc) is 2.37. The Kier molecular flexibility index (Phi) is 6.58. The van der Waals surface area contributed by atoms with Gasteiger partial charge in [-0.05, 0) is 32.3 Å². The molecule has 0 aliphatic rings. The van der Waals surface area contributed by atoms with Crippen LogP contribution < -0.4 is 5.73 Å². The molecule has 1 atom stereocenters. The lowest BCUT2D eigenvalue weighted by atomic mass is 10.1. The molecule has 1 aromatic carbocycles. The van der Waals surface area contributed by atoms with Crippen molar-refractivity contribution in [2.45, 2.75) is 32.5 Å². The van der Waals surface area contributed by atoms with Crippen molar-refractivity contribution < 1.29 is 13.6 Å². The fraction of sp³-hybridized carbons (Fsp3) is 0.538. The van der Waals surface area contributed by atoms with Crippen molar-refractivity contribution in [1.29, 1.82) is 0 Å². The molecule has 0 radical (unpaired) electrons. The molecule has 0 amide bonds. The van der Waals surface area contributed by atoms with Gasteiger partial charge in [0.2, 0.25) is 0 Å². The predicted octanol–water partition coefficient (Wildman–Crippen LogP) is 3.17. The van der Waals surface area contributed by atoms with E-state index in [1.165, 1.54) is 5.56 Å². The molecule has 0 spiro atoms. The molecule has 0 aromatic heterocycles. The van der Waals surface area contributed by atoms with Crippen molar-refractivity contribution in [2.24, 2.45) is 5.73 Å². The van der Waals surface area contributed by atoms with Gasteiger partial charge < -0.3 is 14.8 Å². The van der Waals surface area contributed by atoms with E-state index in [4.69, 9.17) is 14.8 Å². The minimum atomic E-state index is -3.17. The highest BCUT2D eigenvalue weighted by atomic mass is 31.2. The van der Waals surface area contributed by atoms with Crippen LogP contribution >= 0.6 is 7.60 Å². The Bertz CT molecular complexity index is 373. The Morgan fingerprint density at radius 3 is 2.22 bits per heavy atom. The first-order valence-electron chi connectivity index (χ1n) is 6.30. The van der Waals surface area contributed by atoms with Gasteiger partial charge in [-0.2, -0.15) is 0 Å². The van der Waals surface area contributed by atoms with Gasteiger partial charge >= 0.3 is 7.60 Å². The van der Waals surface area contributed by atoms with Crippen LogP contribution in [-0.4, -0.2) is 19.0 Å². The molecule has 0 unspecified atom stereocenters. The van der Waals surface area contributed by atoms with Crippen LogP contribution in [0.3, 0.4) is 0 Å². The summed E-state index contributed by atoms with van der Waals surface area (Å²) in [7, 11) is -3.17. The van der Waals surface area contributed by atoms with Crippen molar-refractivity contribution in [2.75, 3.05) is 13.2 Å². The molecular formula is C13H22NO3P. The van der Waals surface area contributed by atoms with E-state index in [1.807, 2.05) is 30.3 Å². The monoisotopic (exact) mass is 271 g/mol. The molecule has 0 saturated carbocycles. The lowest BCUT2D eigenvalue weighted by Crippen LogP contribution is -2.23. The molecule has 0 aliphatic heterocycles. The zero-order chi connectivity index (χ0) is 13.4. The van der Waals surface area contributed by atoms with Crippen molar-refractivity contribution in [3.8, 4) is 0 Å². The van der Waals surface area contributed by atoms with Gasteiger partial charge in [0, 0.05) is 0 Å². The van der Waals surface area contributed by atoms with Crippen molar-refractivity contribution in [3.05, 3.63) is 35.9 Å². The number of nitrogens with two attached hydrogens (primary N) is 1. The first-order valence-corrected chi connectivity index (χ1v) is 7.92. The van der Waals surface area contributed by atoms with Gasteiger partial charge in [-0.1, -0.05) is 30.3 Å². The summed E-state index contributed by atoms with van der Waals surface area (Å²) in [6.07, 6.45) is 1.35. The Morgan fingerprint density at radius 1 is 1.17 bits per heavy atom. The smallest absolute Gasteiger partial charge is 0.318 e. The predicted molar refractivity (Wildman–Crippen MR) is 73.6 cm³/mol. The summed E-state index contributed by atoms with van der Waals surface area (Å²) in [4.78, 5) is 0. The second-order valence-corrected chi connectivity index (χ2v) is 6.23. The van der Waals surface area contributed by atoms with E-state index in [0.717, 1.165) is 6.42 Å². The SMILES string of the molecule is CCOP(=O)(OCC)[C@@H](N)CCc1ccccc1. The van der Waals surface area contributed by atoms with Gasteiger partial charge in [-0.25, -0.2) is 0 Å². The molecule has 0 saturated heterocycles. The van der Waals surface area contributed by atoms with E-state index in [9.17, 15) is 4.57 Å². The number of aryl methyl sites for hydroxylation is 1. The van der Waals surface area contributed by atoms with Gasteiger partial charge in [-0.3, -0.25) is 4.57 Å². The fourth-order valence-electron chi connectivity index (χ4n) is 1.71. The molecule has 102 valence electrons. The summed E-state index contributed by atoms with van der Waals surface area (Å²) in [6.45, 7) is 4.26. The lowest BCUT2D eigenvalue weighted by Gasteiger charge is -2.23. The maximum atomic E-state index is 12.4. The standard InChI is InChI=1S/C13H22NO3P/c1-3-16-18(15,17-4-2)13(14)11-10-12-8-6-5-7-9-12/h5-9,13H,3-4,10-11,14H2,1-2H3/t13-/m1/s1. The molecule has 0 fully saturated rings. The summed E-state index contributed by atoms with van der Waals surface area (Å²) < 4.78 is 22.8. The minimum absolute atomic E-state index is 0.344. The zero-order valence-corrected chi connectivity index (χ0v) is 11.9. The van der Waals surface area contributed by atoms with Gasteiger partial charge in [-0.15, -0.1) is 0 Å². The summed E-state index contributed by atoms with van der Waals surface area (Å²) in [6, 6.07) is 9.98. The molecule has 1 rings (SSSR count). The Labute approximate surface area is 109 Å². The molecule has 4 nitrogen and oxygen atoms in total. The first-order chi connectivity index (χ1) is 8.62. The number of hydrogen-bond acceptors (Lipinski definition) is 4. The van der Waals surface area contributed by atoms with Crippen molar-refractivity contribution in [1.82, 2.24) is 0 Å². The van der Waals surface area contributed by atoms with E-state index in [2.05, 4.69) is 0 Å². The third kappa shape index (κ3) is 4.54. The first kappa shape index (κ1) is 15.4. The van der Waals surface area contributed by atoms with Crippen LogP contribution in [0.1, 0.15) is 25.8 Å². The molecule has 0 aliphatic carbocycles. The van der Waals surface area contributed by atoms with E-state index in [0.29, 0.717) is 19.6 Å². The summed E-state index contributed by atoms with van der Waals surface area (Å²) >= 11 is 0. The van der Waals surface area contributed by atoms with Crippen LogP contribution in [0, 0.1) is 0 Å². The van der Waals surface area contributed by atoms with Crippen molar-refractivity contribution >= 4 is 7.60 Å². The normalized spacial score (nSPS) is 13.5. The lowest BCUT2D eigenvalue weighted by molar-refractivity contribution is 0.211. The number of rotatable bonds is 8. The molecule has 0 bridgehead atoms. The summed E-state index contributed by atoms with van der Waals surface area (Å²) in [5, 5.41) is 0. The van der Waals surface area contributed by atoms with Crippen molar-refractivity contribution in [3.63, 3.8) is 0 Å². The maximum absolute atomic E-state index is 12.4. The quantitative estimate of drug-likeness (QED) is 0.738. The average molecular weight is 271 g/mol. The molecule has 1 aromatic rings. The summed E-state index contributed by atoms with van der Waals surface area (Å²) in [5.74, 6) is -0.572. The molecular weight excluding hydrogens is 249 g/mol. The van der Waals surface area contributed by atoms with Crippen LogP contribution in [0.5, 0.6) is 0 Å². The highest BCUT2D eigenvalue weighted by Gasteiger charge is 2.31. The van der Waals surface area contributed by atoms with Gasteiger partial charge in [0.1, 0.15) is 5.78 Å². The number of benzene rings is 1. The molecule has 2 N–H and O–H groups in total. The third-order valence-corrected chi connectivity index (χ3v) is 4.90. The van der Waals surface area contributed by atoms with E-state index < -0.39 is 13.4 Å². The van der Waals surface area contributed by atoms with Crippen LogP contribution in [0.4, 0.5) is 0 Å². The Balaban J connectivity index is 2.57. The highest BCUT2D eigenvalue weighted by Crippen LogP contribution is 2.52. The van der Waals surface area contributed by atoms with Gasteiger partial charge in [0.25, 0.3) is 0 Å². The minimum Gasteiger partial charge on any atom is -0.318 e. The Morgan fingerprint density at radius 2 is 1.72 bits per heavy atom. The second-order valence-electron chi connectivity index (χ2n) is 3.97. The maximum Gasteiger partial charge on any atom is 0.347 e. The van der Waals surface area contributed by atoms with E-state index in [1.54, 1.807) is 13.8 Å². The number of hydrogen-bond donors (Lipinski definition) is 1. The van der Waals surface area contributed by atoms with E-state index in [-0.39, 0.29) is 0 Å². The molecule has 0 heterocycles.